The lowest BCUT2D eigenvalue weighted by molar-refractivity contribution is 0.0600. The van der Waals surface area contributed by atoms with E-state index in [9.17, 15) is 13.2 Å². The fourth-order valence-corrected chi connectivity index (χ4v) is 6.67. The SMILES string of the molecule is CCCCCCCOc1cc2c(cc1/C(C)=C/c1ccc(C(=O)OC)cc1)C(C)(C)CS2(=O)=O. The highest BCUT2D eigenvalue weighted by molar-refractivity contribution is 7.91. The molecule has 0 aromatic heterocycles. The third-order valence-corrected chi connectivity index (χ3v) is 8.45. The number of sulfone groups is 1. The van der Waals surface area contributed by atoms with Crippen molar-refractivity contribution >= 4 is 27.5 Å². The minimum atomic E-state index is -3.34. The van der Waals surface area contributed by atoms with E-state index in [-0.39, 0.29) is 11.7 Å². The summed E-state index contributed by atoms with van der Waals surface area (Å²) >= 11 is 0. The van der Waals surface area contributed by atoms with Crippen LogP contribution in [0.2, 0.25) is 0 Å². The molecule has 0 atom stereocenters. The van der Waals surface area contributed by atoms with Crippen molar-refractivity contribution in [1.29, 1.82) is 0 Å². The maximum Gasteiger partial charge on any atom is 0.337 e. The highest BCUT2D eigenvalue weighted by atomic mass is 32.2. The van der Waals surface area contributed by atoms with E-state index < -0.39 is 15.3 Å². The Morgan fingerprint density at radius 3 is 2.38 bits per heavy atom. The number of rotatable bonds is 10. The number of hydrogen-bond acceptors (Lipinski definition) is 5. The molecule has 0 fully saturated rings. The molecule has 1 heterocycles. The van der Waals surface area contributed by atoms with Crippen LogP contribution in [0.25, 0.3) is 11.6 Å². The lowest BCUT2D eigenvalue weighted by Crippen LogP contribution is -2.19. The van der Waals surface area contributed by atoms with Crippen LogP contribution < -0.4 is 4.74 Å². The number of carbonyl (C=O) groups is 1. The molecule has 1 aliphatic rings. The summed E-state index contributed by atoms with van der Waals surface area (Å²) in [5.41, 5.74) is 3.68. The van der Waals surface area contributed by atoms with Crippen LogP contribution in [-0.4, -0.2) is 33.9 Å². The maximum atomic E-state index is 12.8. The zero-order valence-corrected chi connectivity index (χ0v) is 21.8. The van der Waals surface area contributed by atoms with Crippen molar-refractivity contribution in [3.63, 3.8) is 0 Å². The molecule has 34 heavy (non-hydrogen) atoms. The van der Waals surface area contributed by atoms with Gasteiger partial charge in [0.25, 0.3) is 0 Å². The topological polar surface area (TPSA) is 69.7 Å². The first-order valence-electron chi connectivity index (χ1n) is 12.0. The average Bonchev–Trinajstić information content (AvgIpc) is 2.98. The monoisotopic (exact) mass is 484 g/mol. The van der Waals surface area contributed by atoms with E-state index in [0.29, 0.717) is 22.8 Å². The van der Waals surface area contributed by atoms with Crippen molar-refractivity contribution < 1.29 is 22.7 Å². The zero-order valence-electron chi connectivity index (χ0n) is 20.9. The van der Waals surface area contributed by atoms with E-state index in [4.69, 9.17) is 9.47 Å². The molecule has 0 radical (unpaired) electrons. The minimum absolute atomic E-state index is 0.104. The normalized spacial score (nSPS) is 16.2. The number of benzene rings is 2. The lowest BCUT2D eigenvalue weighted by atomic mass is 9.85. The average molecular weight is 485 g/mol. The number of esters is 1. The molecule has 0 N–H and O–H groups in total. The van der Waals surface area contributed by atoms with Gasteiger partial charge in [-0.3, -0.25) is 0 Å². The Morgan fingerprint density at radius 2 is 1.74 bits per heavy atom. The predicted octanol–water partition coefficient (Wildman–Crippen LogP) is 6.45. The Kier molecular flexibility index (Phi) is 8.24. The van der Waals surface area contributed by atoms with Crippen molar-refractivity contribution in [3.05, 3.63) is 58.7 Å². The standard InChI is InChI=1S/C28H36O5S/c1-6-7-8-9-10-15-33-25-18-26-24(28(3,4)19-34(26,30)31)17-23(25)20(2)16-21-11-13-22(14-12-21)27(29)32-5/h11-14,16-18H,6-10,15,19H2,1-5H3/b20-16+. The number of methoxy groups -OCH3 is 1. The fraction of sp³-hybridized carbons (Fsp3) is 0.464. The first-order chi connectivity index (χ1) is 16.1. The Labute approximate surface area is 204 Å². The number of ether oxygens (including phenoxy) is 2. The zero-order chi connectivity index (χ0) is 24.9. The molecule has 2 aromatic rings. The number of fused-ring (bicyclic) bond motifs is 1. The van der Waals surface area contributed by atoms with Crippen molar-refractivity contribution in [1.82, 2.24) is 0 Å². The van der Waals surface area contributed by atoms with Gasteiger partial charge < -0.3 is 9.47 Å². The first kappa shape index (κ1) is 26.0. The van der Waals surface area contributed by atoms with Gasteiger partial charge in [0.05, 0.1) is 29.9 Å². The summed E-state index contributed by atoms with van der Waals surface area (Å²) in [7, 11) is -1.98. The van der Waals surface area contributed by atoms with E-state index in [1.165, 1.54) is 26.4 Å². The van der Waals surface area contributed by atoms with Crippen molar-refractivity contribution in [2.24, 2.45) is 0 Å². The summed E-state index contributed by atoms with van der Waals surface area (Å²) in [4.78, 5) is 12.1. The molecule has 0 saturated heterocycles. The summed E-state index contributed by atoms with van der Waals surface area (Å²) in [5, 5.41) is 0. The second-order valence-corrected chi connectivity index (χ2v) is 11.6. The Bertz CT molecular complexity index is 1160. The van der Waals surface area contributed by atoms with Crippen LogP contribution in [0.5, 0.6) is 5.75 Å². The minimum Gasteiger partial charge on any atom is -0.493 e. The van der Waals surface area contributed by atoms with Gasteiger partial charge in [0.1, 0.15) is 5.75 Å². The summed E-state index contributed by atoms with van der Waals surface area (Å²) in [6.07, 6.45) is 7.64. The van der Waals surface area contributed by atoms with Crippen molar-refractivity contribution in [2.45, 2.75) is 70.1 Å². The van der Waals surface area contributed by atoms with Gasteiger partial charge in [0.2, 0.25) is 0 Å². The molecule has 1 aliphatic heterocycles. The molecule has 0 spiro atoms. The number of carbonyl (C=O) groups excluding carboxylic acids is 1. The van der Waals surface area contributed by atoms with Gasteiger partial charge >= 0.3 is 5.97 Å². The van der Waals surface area contributed by atoms with E-state index in [2.05, 4.69) is 6.92 Å². The van der Waals surface area contributed by atoms with E-state index in [1.807, 2.05) is 45.0 Å². The third-order valence-electron chi connectivity index (χ3n) is 6.34. The molecule has 5 nitrogen and oxygen atoms in total. The molecular formula is C28H36O5S. The van der Waals surface area contributed by atoms with Gasteiger partial charge in [-0.2, -0.15) is 0 Å². The number of hydrogen-bond donors (Lipinski definition) is 0. The molecular weight excluding hydrogens is 448 g/mol. The predicted molar refractivity (Wildman–Crippen MR) is 137 cm³/mol. The van der Waals surface area contributed by atoms with Gasteiger partial charge in [-0.15, -0.1) is 0 Å². The second-order valence-electron chi connectivity index (χ2n) is 9.69. The molecule has 0 saturated carbocycles. The van der Waals surface area contributed by atoms with Gasteiger partial charge in [-0.05, 0) is 54.3 Å². The van der Waals surface area contributed by atoms with Crippen LogP contribution in [0.4, 0.5) is 0 Å². The van der Waals surface area contributed by atoms with Crippen molar-refractivity contribution in [2.75, 3.05) is 19.5 Å². The van der Waals surface area contributed by atoms with Crippen LogP contribution in [0, 0.1) is 0 Å². The van der Waals surface area contributed by atoms with Crippen LogP contribution in [0.3, 0.4) is 0 Å². The molecule has 2 aromatic carbocycles. The summed E-state index contributed by atoms with van der Waals surface area (Å²) in [6.45, 7) is 8.69. The summed E-state index contributed by atoms with van der Waals surface area (Å²) in [5.74, 6) is 0.340. The smallest absolute Gasteiger partial charge is 0.337 e. The Morgan fingerprint density at radius 1 is 1.06 bits per heavy atom. The van der Waals surface area contributed by atoms with Crippen LogP contribution in [-0.2, 0) is 20.0 Å². The Hall–Kier alpha value is -2.60. The number of allylic oxidation sites excluding steroid dienone is 1. The molecule has 184 valence electrons. The molecule has 0 bridgehead atoms. The second kappa shape index (κ2) is 10.8. The summed E-state index contributed by atoms with van der Waals surface area (Å²) < 4.78 is 36.6. The largest absolute Gasteiger partial charge is 0.493 e. The molecule has 6 heteroatoms. The van der Waals surface area contributed by atoms with Crippen LogP contribution >= 0.6 is 0 Å². The van der Waals surface area contributed by atoms with E-state index >= 15 is 0 Å². The van der Waals surface area contributed by atoms with Crippen molar-refractivity contribution in [3.8, 4) is 5.75 Å². The third kappa shape index (κ3) is 5.90. The van der Waals surface area contributed by atoms with E-state index in [1.54, 1.807) is 18.2 Å². The highest BCUT2D eigenvalue weighted by Gasteiger charge is 2.41. The molecule has 3 rings (SSSR count). The molecule has 0 aliphatic carbocycles. The number of unbranched alkanes of at least 4 members (excludes halogenated alkanes) is 4. The molecule has 0 unspecified atom stereocenters. The van der Waals surface area contributed by atoms with Crippen LogP contribution in [0.15, 0.2) is 41.3 Å². The van der Waals surface area contributed by atoms with Gasteiger partial charge in [-0.1, -0.05) is 64.7 Å². The lowest BCUT2D eigenvalue weighted by Gasteiger charge is -2.20. The molecule has 0 amide bonds. The van der Waals surface area contributed by atoms with E-state index in [0.717, 1.165) is 35.1 Å². The van der Waals surface area contributed by atoms with Gasteiger partial charge in [0.15, 0.2) is 9.84 Å². The first-order valence-corrected chi connectivity index (χ1v) is 13.7. The van der Waals surface area contributed by atoms with Crippen LogP contribution in [0.1, 0.15) is 86.8 Å². The fourth-order valence-electron chi connectivity index (χ4n) is 4.45. The van der Waals surface area contributed by atoms with Gasteiger partial charge in [-0.25, -0.2) is 13.2 Å². The quantitative estimate of drug-likeness (QED) is 0.220. The summed E-state index contributed by atoms with van der Waals surface area (Å²) in [6, 6.07) is 10.9. The maximum absolute atomic E-state index is 12.8. The van der Waals surface area contributed by atoms with Gasteiger partial charge in [0, 0.05) is 11.0 Å². The highest BCUT2D eigenvalue weighted by Crippen LogP contribution is 2.44. The Balaban J connectivity index is 1.95.